The van der Waals surface area contributed by atoms with E-state index in [-0.39, 0.29) is 0 Å². The maximum Gasteiger partial charge on any atom is 0.0999 e. The molecule has 0 bridgehead atoms. The molecule has 0 saturated heterocycles. The van der Waals surface area contributed by atoms with Crippen LogP contribution in [0.5, 0.6) is 0 Å². The van der Waals surface area contributed by atoms with E-state index in [0.717, 1.165) is 25.0 Å². The highest BCUT2D eigenvalue weighted by atomic mass is 16.5. The van der Waals surface area contributed by atoms with Crippen molar-refractivity contribution < 1.29 is 4.74 Å². The van der Waals surface area contributed by atoms with E-state index >= 15 is 0 Å². The summed E-state index contributed by atoms with van der Waals surface area (Å²) in [6, 6.07) is 0. The summed E-state index contributed by atoms with van der Waals surface area (Å²) in [4.78, 5) is 0. The minimum Gasteiger partial charge on any atom is -0.497 e. The van der Waals surface area contributed by atoms with Crippen molar-refractivity contribution in [3.63, 3.8) is 0 Å². The fourth-order valence-electron chi connectivity index (χ4n) is 1.28. The Hall–Kier alpha value is -0.500. The molecule has 0 heterocycles. The Balaban J connectivity index is 4.14. The van der Waals surface area contributed by atoms with Crippen molar-refractivity contribution >= 4 is 0 Å². The van der Waals surface area contributed by atoms with Gasteiger partial charge in [-0.15, -0.1) is 0 Å². The van der Waals surface area contributed by atoms with Crippen molar-refractivity contribution in [2.24, 2.45) is 5.73 Å². The molecule has 72 valence electrons. The van der Waals surface area contributed by atoms with Gasteiger partial charge in [-0.1, -0.05) is 20.8 Å². The van der Waals surface area contributed by atoms with Gasteiger partial charge >= 0.3 is 0 Å². The lowest BCUT2D eigenvalue weighted by Gasteiger charge is -2.12. The van der Waals surface area contributed by atoms with Crippen LogP contribution in [0.2, 0.25) is 0 Å². The number of hydrogen-bond acceptors (Lipinski definition) is 2. The molecule has 0 fully saturated rings. The van der Waals surface area contributed by atoms with Crippen molar-refractivity contribution in [3.8, 4) is 0 Å². The SMILES string of the molecule is CCC(CC)=C(CC)OCCN. The van der Waals surface area contributed by atoms with Gasteiger partial charge in [-0.2, -0.15) is 0 Å². The van der Waals surface area contributed by atoms with Crippen molar-refractivity contribution in [3.05, 3.63) is 11.3 Å². The zero-order valence-corrected chi connectivity index (χ0v) is 8.52. The first-order chi connectivity index (χ1) is 5.79. The van der Waals surface area contributed by atoms with Crippen LogP contribution in [-0.4, -0.2) is 13.2 Å². The third-order valence-electron chi connectivity index (χ3n) is 1.96. The molecule has 0 saturated carbocycles. The Morgan fingerprint density at radius 3 is 2.00 bits per heavy atom. The zero-order valence-electron chi connectivity index (χ0n) is 8.52. The Morgan fingerprint density at radius 1 is 1.08 bits per heavy atom. The van der Waals surface area contributed by atoms with E-state index < -0.39 is 0 Å². The molecule has 0 rings (SSSR count). The average molecular weight is 171 g/mol. The summed E-state index contributed by atoms with van der Waals surface area (Å²) < 4.78 is 5.54. The van der Waals surface area contributed by atoms with Crippen LogP contribution < -0.4 is 5.73 Å². The minimum atomic E-state index is 0.601. The lowest BCUT2D eigenvalue weighted by Crippen LogP contribution is -2.09. The van der Waals surface area contributed by atoms with Gasteiger partial charge in [0.2, 0.25) is 0 Å². The molecule has 0 aliphatic rings. The first kappa shape index (κ1) is 11.5. The fraction of sp³-hybridized carbons (Fsp3) is 0.800. The molecule has 2 heteroatoms. The summed E-state index contributed by atoms with van der Waals surface area (Å²) in [5, 5.41) is 0. The Labute approximate surface area is 75.8 Å². The van der Waals surface area contributed by atoms with Crippen molar-refractivity contribution in [1.29, 1.82) is 0 Å². The fourth-order valence-corrected chi connectivity index (χ4v) is 1.28. The van der Waals surface area contributed by atoms with Crippen molar-refractivity contribution in [1.82, 2.24) is 0 Å². The van der Waals surface area contributed by atoms with Crippen LogP contribution in [0.4, 0.5) is 0 Å². The molecular formula is C10H21NO. The summed E-state index contributed by atoms with van der Waals surface area (Å²) in [7, 11) is 0. The lowest BCUT2D eigenvalue weighted by atomic mass is 10.1. The van der Waals surface area contributed by atoms with E-state index in [4.69, 9.17) is 10.5 Å². The first-order valence-corrected chi connectivity index (χ1v) is 4.83. The second kappa shape index (κ2) is 7.17. The quantitative estimate of drug-likeness (QED) is 0.623. The monoisotopic (exact) mass is 171 g/mol. The molecule has 12 heavy (non-hydrogen) atoms. The summed E-state index contributed by atoms with van der Waals surface area (Å²) in [5.41, 5.74) is 6.79. The summed E-state index contributed by atoms with van der Waals surface area (Å²) >= 11 is 0. The van der Waals surface area contributed by atoms with Crippen LogP contribution in [0.1, 0.15) is 40.0 Å². The van der Waals surface area contributed by atoms with Gasteiger partial charge in [-0.25, -0.2) is 0 Å². The Bertz CT molecular complexity index is 135. The van der Waals surface area contributed by atoms with Gasteiger partial charge in [0, 0.05) is 13.0 Å². The molecule has 0 aromatic heterocycles. The molecule has 0 radical (unpaired) electrons. The second-order valence-corrected chi connectivity index (χ2v) is 2.72. The predicted molar refractivity (Wildman–Crippen MR) is 52.9 cm³/mol. The predicted octanol–water partition coefficient (Wildman–Crippen LogP) is 2.45. The summed E-state index contributed by atoms with van der Waals surface area (Å²) in [6.07, 6.45) is 3.16. The largest absolute Gasteiger partial charge is 0.497 e. The number of ether oxygens (including phenoxy) is 1. The standard InChI is InChI=1S/C10H21NO/c1-4-9(5-2)10(6-3)12-8-7-11/h4-8,11H2,1-3H3. The molecule has 0 aromatic rings. The number of rotatable bonds is 6. The highest BCUT2D eigenvalue weighted by molar-refractivity contribution is 5.07. The molecular weight excluding hydrogens is 150 g/mol. The molecule has 0 spiro atoms. The average Bonchev–Trinajstić information content (AvgIpc) is 2.12. The van der Waals surface area contributed by atoms with Crippen LogP contribution in [-0.2, 0) is 4.74 Å². The van der Waals surface area contributed by atoms with Crippen molar-refractivity contribution in [2.75, 3.05) is 13.2 Å². The van der Waals surface area contributed by atoms with Gasteiger partial charge in [0.1, 0.15) is 0 Å². The second-order valence-electron chi connectivity index (χ2n) is 2.72. The van der Waals surface area contributed by atoms with E-state index in [1.807, 2.05) is 0 Å². The van der Waals surface area contributed by atoms with Crippen molar-refractivity contribution in [2.45, 2.75) is 40.0 Å². The highest BCUT2D eigenvalue weighted by Gasteiger charge is 2.01. The van der Waals surface area contributed by atoms with Crippen LogP contribution in [0.25, 0.3) is 0 Å². The van der Waals surface area contributed by atoms with Crippen LogP contribution in [0.3, 0.4) is 0 Å². The van der Waals surface area contributed by atoms with E-state index in [2.05, 4.69) is 20.8 Å². The van der Waals surface area contributed by atoms with Gasteiger partial charge in [-0.3, -0.25) is 0 Å². The summed E-state index contributed by atoms with van der Waals surface area (Å²) in [5.74, 6) is 1.14. The van der Waals surface area contributed by atoms with Gasteiger partial charge in [0.15, 0.2) is 0 Å². The number of hydrogen-bond donors (Lipinski definition) is 1. The summed E-state index contributed by atoms with van der Waals surface area (Å²) in [6.45, 7) is 7.70. The highest BCUT2D eigenvalue weighted by Crippen LogP contribution is 2.16. The molecule has 0 aliphatic carbocycles. The topological polar surface area (TPSA) is 35.2 Å². The molecule has 0 unspecified atom stereocenters. The normalized spacial score (nSPS) is 9.67. The first-order valence-electron chi connectivity index (χ1n) is 4.83. The van der Waals surface area contributed by atoms with E-state index in [0.29, 0.717) is 13.2 Å². The third kappa shape index (κ3) is 3.77. The Kier molecular flexibility index (Phi) is 6.87. The number of nitrogens with two attached hydrogens (primary N) is 1. The molecule has 0 atom stereocenters. The minimum absolute atomic E-state index is 0.601. The maximum atomic E-state index is 5.54. The smallest absolute Gasteiger partial charge is 0.0999 e. The van der Waals surface area contributed by atoms with E-state index in [1.165, 1.54) is 5.57 Å². The molecule has 0 amide bonds. The van der Waals surface area contributed by atoms with Crippen LogP contribution in [0, 0.1) is 0 Å². The zero-order chi connectivity index (χ0) is 9.40. The van der Waals surface area contributed by atoms with Crippen LogP contribution >= 0.6 is 0 Å². The third-order valence-corrected chi connectivity index (χ3v) is 1.96. The van der Waals surface area contributed by atoms with Gasteiger partial charge < -0.3 is 10.5 Å². The van der Waals surface area contributed by atoms with E-state index in [9.17, 15) is 0 Å². The Morgan fingerprint density at radius 2 is 1.67 bits per heavy atom. The maximum absolute atomic E-state index is 5.54. The van der Waals surface area contributed by atoms with Gasteiger partial charge in [0.05, 0.1) is 12.4 Å². The lowest BCUT2D eigenvalue weighted by molar-refractivity contribution is 0.207. The number of allylic oxidation sites excluding steroid dienone is 2. The molecule has 0 aliphatic heterocycles. The molecule has 2 nitrogen and oxygen atoms in total. The van der Waals surface area contributed by atoms with E-state index in [1.54, 1.807) is 0 Å². The molecule has 0 aromatic carbocycles. The van der Waals surface area contributed by atoms with Crippen LogP contribution in [0.15, 0.2) is 11.3 Å². The van der Waals surface area contributed by atoms with Gasteiger partial charge in [-0.05, 0) is 18.4 Å². The van der Waals surface area contributed by atoms with Gasteiger partial charge in [0.25, 0.3) is 0 Å². The molecule has 2 N–H and O–H groups in total.